The third kappa shape index (κ3) is 4.90. The minimum absolute atomic E-state index is 0. The van der Waals surface area contributed by atoms with E-state index < -0.39 is 0 Å². The van der Waals surface area contributed by atoms with Crippen LogP contribution in [0.3, 0.4) is 0 Å². The van der Waals surface area contributed by atoms with E-state index >= 15 is 0 Å². The normalized spacial score (nSPS) is 10.8. The summed E-state index contributed by atoms with van der Waals surface area (Å²) < 4.78 is 10.2. The second kappa shape index (κ2) is 9.29. The molecule has 0 radical (unpaired) electrons. The van der Waals surface area contributed by atoms with E-state index in [1.54, 1.807) is 20.4 Å². The molecule has 0 saturated heterocycles. The largest absolute Gasteiger partial charge is 0.496 e. The SMILES string of the molecule is CN=C(NCc1ccon1)N(C)Cc1ccccc1OC.I. The zero-order valence-corrected chi connectivity index (χ0v) is 15.3. The predicted molar refractivity (Wildman–Crippen MR) is 96.6 cm³/mol. The van der Waals surface area contributed by atoms with Gasteiger partial charge in [-0.05, 0) is 6.07 Å². The Morgan fingerprint density at radius 2 is 2.14 bits per heavy atom. The maximum absolute atomic E-state index is 5.37. The number of benzene rings is 1. The van der Waals surface area contributed by atoms with Crippen LogP contribution in [0.5, 0.6) is 5.75 Å². The van der Waals surface area contributed by atoms with Crippen LogP contribution in [0, 0.1) is 0 Å². The number of rotatable bonds is 5. The van der Waals surface area contributed by atoms with Crippen molar-refractivity contribution in [2.24, 2.45) is 4.99 Å². The van der Waals surface area contributed by atoms with E-state index in [4.69, 9.17) is 9.26 Å². The van der Waals surface area contributed by atoms with Gasteiger partial charge < -0.3 is 19.5 Å². The van der Waals surface area contributed by atoms with Gasteiger partial charge in [0, 0.05) is 32.3 Å². The van der Waals surface area contributed by atoms with E-state index in [0.717, 1.165) is 23.0 Å². The maximum atomic E-state index is 5.37. The molecule has 2 rings (SSSR count). The second-order valence-corrected chi connectivity index (χ2v) is 4.56. The fourth-order valence-electron chi connectivity index (χ4n) is 2.05. The van der Waals surface area contributed by atoms with Crippen LogP contribution in [-0.4, -0.2) is 37.2 Å². The monoisotopic (exact) mass is 416 g/mol. The van der Waals surface area contributed by atoms with Crippen molar-refractivity contribution in [1.29, 1.82) is 0 Å². The number of nitrogens with zero attached hydrogens (tertiary/aromatic N) is 3. The fourth-order valence-corrected chi connectivity index (χ4v) is 2.05. The first-order valence-corrected chi connectivity index (χ1v) is 6.67. The van der Waals surface area contributed by atoms with Gasteiger partial charge in [0.05, 0.1) is 13.7 Å². The molecular weight excluding hydrogens is 395 g/mol. The van der Waals surface area contributed by atoms with E-state index in [0.29, 0.717) is 13.1 Å². The summed E-state index contributed by atoms with van der Waals surface area (Å²) in [6.07, 6.45) is 1.55. The lowest BCUT2D eigenvalue weighted by atomic mass is 10.2. The number of halogens is 1. The summed E-state index contributed by atoms with van der Waals surface area (Å²) in [6, 6.07) is 9.77. The van der Waals surface area contributed by atoms with Crippen molar-refractivity contribution in [3.63, 3.8) is 0 Å². The molecule has 22 heavy (non-hydrogen) atoms. The lowest BCUT2D eigenvalue weighted by Crippen LogP contribution is -2.38. The minimum Gasteiger partial charge on any atom is -0.496 e. The Morgan fingerprint density at radius 3 is 2.77 bits per heavy atom. The van der Waals surface area contributed by atoms with Crippen LogP contribution < -0.4 is 10.1 Å². The number of aliphatic imine (C=N–C) groups is 1. The maximum Gasteiger partial charge on any atom is 0.194 e. The average Bonchev–Trinajstić information content (AvgIpc) is 3.02. The van der Waals surface area contributed by atoms with Crippen molar-refractivity contribution in [3.05, 3.63) is 47.9 Å². The van der Waals surface area contributed by atoms with Gasteiger partial charge in [0.1, 0.15) is 17.7 Å². The molecule has 0 amide bonds. The molecule has 0 bridgehead atoms. The Kier molecular flexibility index (Phi) is 7.72. The third-order valence-corrected chi connectivity index (χ3v) is 3.09. The molecule has 7 heteroatoms. The average molecular weight is 416 g/mol. The molecule has 0 aliphatic carbocycles. The molecule has 1 N–H and O–H groups in total. The van der Waals surface area contributed by atoms with Gasteiger partial charge in [0.2, 0.25) is 0 Å². The molecule has 1 aromatic carbocycles. The number of ether oxygens (including phenoxy) is 1. The van der Waals surface area contributed by atoms with Crippen molar-refractivity contribution in [2.75, 3.05) is 21.2 Å². The van der Waals surface area contributed by atoms with E-state index in [1.807, 2.05) is 42.3 Å². The highest BCUT2D eigenvalue weighted by molar-refractivity contribution is 14.0. The Labute approximate surface area is 147 Å². The predicted octanol–water partition coefficient (Wildman–Crippen LogP) is 2.51. The van der Waals surface area contributed by atoms with Crippen LogP contribution in [0.2, 0.25) is 0 Å². The number of methoxy groups -OCH3 is 1. The van der Waals surface area contributed by atoms with Crippen molar-refractivity contribution >= 4 is 29.9 Å². The second-order valence-electron chi connectivity index (χ2n) is 4.56. The highest BCUT2D eigenvalue weighted by Gasteiger charge is 2.10. The zero-order chi connectivity index (χ0) is 15.1. The van der Waals surface area contributed by atoms with Gasteiger partial charge in [-0.25, -0.2) is 0 Å². The number of aromatic nitrogens is 1. The Bertz CT molecular complexity index is 587. The molecule has 0 unspecified atom stereocenters. The Balaban J connectivity index is 0.00000242. The fraction of sp³-hybridized carbons (Fsp3) is 0.333. The molecule has 6 nitrogen and oxygen atoms in total. The summed E-state index contributed by atoms with van der Waals surface area (Å²) in [5.74, 6) is 1.65. The summed E-state index contributed by atoms with van der Waals surface area (Å²) in [5, 5.41) is 7.10. The zero-order valence-electron chi connectivity index (χ0n) is 12.9. The van der Waals surface area contributed by atoms with Crippen LogP contribution in [0.4, 0.5) is 0 Å². The first-order valence-electron chi connectivity index (χ1n) is 6.67. The van der Waals surface area contributed by atoms with Crippen molar-refractivity contribution in [3.8, 4) is 5.75 Å². The summed E-state index contributed by atoms with van der Waals surface area (Å²) in [7, 11) is 5.41. The number of para-hydroxylation sites is 1. The van der Waals surface area contributed by atoms with E-state index in [1.165, 1.54) is 0 Å². The van der Waals surface area contributed by atoms with Gasteiger partial charge >= 0.3 is 0 Å². The van der Waals surface area contributed by atoms with Crippen LogP contribution in [0.25, 0.3) is 0 Å². The van der Waals surface area contributed by atoms with E-state index in [2.05, 4.69) is 15.5 Å². The van der Waals surface area contributed by atoms with Crippen LogP contribution in [0.15, 0.2) is 46.1 Å². The summed E-state index contributed by atoms with van der Waals surface area (Å²) in [4.78, 5) is 6.30. The van der Waals surface area contributed by atoms with Crippen molar-refractivity contribution in [1.82, 2.24) is 15.4 Å². The first-order chi connectivity index (χ1) is 10.2. The van der Waals surface area contributed by atoms with Gasteiger partial charge in [0.25, 0.3) is 0 Å². The van der Waals surface area contributed by atoms with Crippen molar-refractivity contribution in [2.45, 2.75) is 13.1 Å². The number of guanidine groups is 1. The Morgan fingerprint density at radius 1 is 1.36 bits per heavy atom. The summed E-state index contributed by atoms with van der Waals surface area (Å²) in [6.45, 7) is 1.27. The van der Waals surface area contributed by atoms with Gasteiger partial charge in [0.15, 0.2) is 5.96 Å². The van der Waals surface area contributed by atoms with E-state index in [-0.39, 0.29) is 24.0 Å². The summed E-state index contributed by atoms with van der Waals surface area (Å²) in [5.41, 5.74) is 1.94. The molecule has 2 aromatic rings. The molecule has 120 valence electrons. The molecule has 0 atom stereocenters. The molecule has 1 aromatic heterocycles. The molecule has 0 aliphatic rings. The molecule has 1 heterocycles. The highest BCUT2D eigenvalue weighted by atomic mass is 127. The topological polar surface area (TPSA) is 62.9 Å². The summed E-state index contributed by atoms with van der Waals surface area (Å²) >= 11 is 0. The van der Waals surface area contributed by atoms with Gasteiger partial charge in [-0.3, -0.25) is 4.99 Å². The highest BCUT2D eigenvalue weighted by Crippen LogP contribution is 2.18. The molecule has 0 spiro atoms. The molecule has 0 fully saturated rings. The molecule has 0 saturated carbocycles. The van der Waals surface area contributed by atoms with Crippen LogP contribution >= 0.6 is 24.0 Å². The lowest BCUT2D eigenvalue weighted by molar-refractivity contribution is 0.395. The molecule has 0 aliphatic heterocycles. The number of hydrogen-bond acceptors (Lipinski definition) is 4. The smallest absolute Gasteiger partial charge is 0.194 e. The first kappa shape index (κ1) is 18.3. The van der Waals surface area contributed by atoms with Gasteiger partial charge in [-0.1, -0.05) is 23.4 Å². The molecular formula is C15H21IN4O2. The van der Waals surface area contributed by atoms with Crippen molar-refractivity contribution < 1.29 is 9.26 Å². The minimum atomic E-state index is 0. The number of nitrogens with one attached hydrogen (secondary N) is 1. The lowest BCUT2D eigenvalue weighted by Gasteiger charge is -2.22. The van der Waals surface area contributed by atoms with Gasteiger partial charge in [-0.15, -0.1) is 24.0 Å². The van der Waals surface area contributed by atoms with Gasteiger partial charge in [-0.2, -0.15) is 0 Å². The Hall–Kier alpha value is -1.77. The standard InChI is InChI=1S/C15H20N4O2.HI/c1-16-15(17-10-13-8-9-21-18-13)19(2)11-12-6-4-5-7-14(12)20-3;/h4-9H,10-11H2,1-3H3,(H,16,17);1H. The van der Waals surface area contributed by atoms with Crippen LogP contribution in [0.1, 0.15) is 11.3 Å². The van der Waals surface area contributed by atoms with E-state index in [9.17, 15) is 0 Å². The van der Waals surface area contributed by atoms with Crippen LogP contribution in [-0.2, 0) is 13.1 Å². The third-order valence-electron chi connectivity index (χ3n) is 3.09. The number of hydrogen-bond donors (Lipinski definition) is 1. The quantitative estimate of drug-likeness (QED) is 0.461.